The number of carbonyl (C=O) groups is 2. The van der Waals surface area contributed by atoms with Crippen LogP contribution >= 0.6 is 0 Å². The summed E-state index contributed by atoms with van der Waals surface area (Å²) in [4.78, 5) is 27.1. The number of para-hydroxylation sites is 1. The van der Waals surface area contributed by atoms with Gasteiger partial charge in [-0.3, -0.25) is 4.79 Å². The fourth-order valence-electron chi connectivity index (χ4n) is 11.2. The van der Waals surface area contributed by atoms with Crippen LogP contribution in [0.1, 0.15) is 151 Å². The third-order valence-electron chi connectivity index (χ3n) is 14.0. The van der Waals surface area contributed by atoms with Gasteiger partial charge < -0.3 is 15.4 Å². The summed E-state index contributed by atoms with van der Waals surface area (Å²) >= 11 is 0. The van der Waals surface area contributed by atoms with Crippen LogP contribution in [0.25, 0.3) is 0 Å². The molecule has 0 aliphatic heterocycles. The van der Waals surface area contributed by atoms with E-state index in [0.717, 1.165) is 42.9 Å². The van der Waals surface area contributed by atoms with E-state index in [4.69, 9.17) is 4.74 Å². The van der Waals surface area contributed by atoms with Gasteiger partial charge in [-0.1, -0.05) is 91.3 Å². The lowest BCUT2D eigenvalue weighted by atomic mass is 9.47. The first-order chi connectivity index (χ1) is 24.0. The number of hydrogen-bond donors (Lipinski definition) is 2. The number of nitrogens with one attached hydrogen (secondary N) is 2. The van der Waals surface area contributed by atoms with Crippen LogP contribution in [0.2, 0.25) is 0 Å². The molecule has 4 aliphatic rings. The van der Waals surface area contributed by atoms with Gasteiger partial charge in [-0.05, 0) is 149 Å². The van der Waals surface area contributed by atoms with Crippen LogP contribution in [0.5, 0.6) is 0 Å². The van der Waals surface area contributed by atoms with Crippen molar-refractivity contribution in [2.75, 3.05) is 5.32 Å². The summed E-state index contributed by atoms with van der Waals surface area (Å²) in [7, 11) is 0. The Balaban J connectivity index is 1.25. The second-order valence-electron chi connectivity index (χ2n) is 19.4. The molecule has 1 aromatic carbocycles. The summed E-state index contributed by atoms with van der Waals surface area (Å²) in [5.74, 6) is 5.06. The molecule has 2 N–H and O–H groups in total. The molecule has 0 unspecified atom stereocenters. The lowest BCUT2D eigenvalue weighted by Gasteiger charge is -2.58. The number of ether oxygens (including phenoxy) is 1. The van der Waals surface area contributed by atoms with Crippen molar-refractivity contribution >= 4 is 17.6 Å². The smallest absolute Gasteiger partial charge is 0.328 e. The second-order valence-corrected chi connectivity index (χ2v) is 19.4. The topological polar surface area (TPSA) is 67.4 Å². The van der Waals surface area contributed by atoms with Crippen LogP contribution in [-0.4, -0.2) is 29.6 Å². The average Bonchev–Trinajstić information content (AvgIpc) is 3.41. The molecule has 3 saturated carbocycles. The predicted octanol–water partition coefficient (Wildman–Crippen LogP) is 11.4. The Labute approximate surface area is 311 Å². The Morgan fingerprint density at radius 3 is 2.35 bits per heavy atom. The number of hydrogen-bond acceptors (Lipinski definition) is 4. The Hall–Kier alpha value is -2.56. The number of rotatable bonds is 12. The number of esters is 1. The third-order valence-corrected chi connectivity index (χ3v) is 14.0. The maximum Gasteiger partial charge on any atom is 0.328 e. The Morgan fingerprint density at radius 1 is 0.961 bits per heavy atom. The standard InChI is InChI=1S/C46H72N2O3/c1-12-32(30(4)5)18-17-31(6)37-21-22-38-35-20-19-33-28-34(23-25-45(33,10)39(35)24-26-46(37,38)11)51-43(50)41(27-29(2)3)47-40-16-14-13-15-36(40)42(49)48-44(7,8)9/h13-19,29-32,34-35,37-39,41,47H,12,20-28H2,1-11H3,(H,48,49)/t31-,32-,34+,35+,37-,38+,39+,41+,45+,46-/m1/s1. The predicted molar refractivity (Wildman–Crippen MR) is 213 cm³/mol. The van der Waals surface area contributed by atoms with E-state index in [9.17, 15) is 9.59 Å². The molecule has 0 radical (unpaired) electrons. The van der Waals surface area contributed by atoms with Gasteiger partial charge in [0.1, 0.15) is 12.1 Å². The van der Waals surface area contributed by atoms with Gasteiger partial charge in [0.2, 0.25) is 0 Å². The second kappa shape index (κ2) is 15.8. The first-order valence-corrected chi connectivity index (χ1v) is 20.7. The van der Waals surface area contributed by atoms with Crippen molar-refractivity contribution in [3.8, 4) is 0 Å². The first-order valence-electron chi connectivity index (χ1n) is 20.7. The highest BCUT2D eigenvalue weighted by Crippen LogP contribution is 2.67. The quantitative estimate of drug-likeness (QED) is 0.168. The molecule has 51 heavy (non-hydrogen) atoms. The fraction of sp³-hybridized carbons (Fsp3) is 0.739. The van der Waals surface area contributed by atoms with Crippen molar-refractivity contribution in [1.29, 1.82) is 0 Å². The van der Waals surface area contributed by atoms with E-state index in [1.807, 2.05) is 45.0 Å². The van der Waals surface area contributed by atoms with Crippen molar-refractivity contribution < 1.29 is 14.3 Å². The Morgan fingerprint density at radius 2 is 1.69 bits per heavy atom. The van der Waals surface area contributed by atoms with Crippen molar-refractivity contribution in [1.82, 2.24) is 5.32 Å². The molecule has 4 aliphatic carbocycles. The van der Waals surface area contributed by atoms with Gasteiger partial charge >= 0.3 is 5.97 Å². The Bertz CT molecular complexity index is 1440. The highest BCUT2D eigenvalue weighted by atomic mass is 16.5. The minimum absolute atomic E-state index is 0.0978. The molecule has 5 rings (SSSR count). The molecule has 0 heterocycles. The molecular weight excluding hydrogens is 629 g/mol. The van der Waals surface area contributed by atoms with Crippen LogP contribution in [-0.2, 0) is 9.53 Å². The minimum atomic E-state index is -0.520. The molecule has 1 amide bonds. The van der Waals surface area contributed by atoms with Crippen molar-refractivity contribution in [2.45, 2.75) is 158 Å². The summed E-state index contributed by atoms with van der Waals surface area (Å²) in [5.41, 5.74) is 3.04. The maximum atomic E-state index is 13.9. The van der Waals surface area contributed by atoms with E-state index in [1.54, 1.807) is 5.57 Å². The van der Waals surface area contributed by atoms with Crippen LogP contribution in [0.4, 0.5) is 5.69 Å². The van der Waals surface area contributed by atoms with E-state index >= 15 is 0 Å². The zero-order valence-corrected chi connectivity index (χ0v) is 34.1. The molecule has 0 aromatic heterocycles. The van der Waals surface area contributed by atoms with E-state index in [-0.39, 0.29) is 34.9 Å². The zero-order chi connectivity index (χ0) is 37.3. The molecule has 0 spiro atoms. The summed E-state index contributed by atoms with van der Waals surface area (Å²) in [5, 5.41) is 6.50. The summed E-state index contributed by atoms with van der Waals surface area (Å²) < 4.78 is 6.38. The van der Waals surface area contributed by atoms with Gasteiger partial charge in [0.05, 0.1) is 5.56 Å². The molecule has 5 nitrogen and oxygen atoms in total. The molecule has 3 fully saturated rings. The third kappa shape index (κ3) is 8.65. The Kier molecular flexibility index (Phi) is 12.3. The largest absolute Gasteiger partial charge is 0.461 e. The normalized spacial score (nSPS) is 32.4. The highest BCUT2D eigenvalue weighted by Gasteiger charge is 2.59. The van der Waals surface area contributed by atoms with E-state index in [0.29, 0.717) is 40.8 Å². The van der Waals surface area contributed by atoms with Gasteiger partial charge in [0, 0.05) is 17.6 Å². The number of amides is 1. The van der Waals surface area contributed by atoms with Crippen LogP contribution in [0, 0.1) is 58.2 Å². The summed E-state index contributed by atoms with van der Waals surface area (Å²) in [6, 6.07) is 6.96. The van der Waals surface area contributed by atoms with Gasteiger partial charge in [-0.15, -0.1) is 0 Å². The molecular formula is C46H72N2O3. The molecule has 10 atom stereocenters. The number of benzene rings is 1. The molecule has 1 aromatic rings. The fourth-order valence-corrected chi connectivity index (χ4v) is 11.2. The first kappa shape index (κ1) is 39.6. The monoisotopic (exact) mass is 701 g/mol. The molecule has 0 saturated heterocycles. The molecule has 0 bridgehead atoms. The van der Waals surface area contributed by atoms with Gasteiger partial charge in [0.15, 0.2) is 0 Å². The lowest BCUT2D eigenvalue weighted by Crippen LogP contribution is -2.51. The average molecular weight is 701 g/mol. The van der Waals surface area contributed by atoms with Crippen LogP contribution in [0.15, 0.2) is 48.1 Å². The molecule has 284 valence electrons. The number of anilines is 1. The van der Waals surface area contributed by atoms with Crippen molar-refractivity contribution in [2.24, 2.45) is 58.2 Å². The van der Waals surface area contributed by atoms with Crippen molar-refractivity contribution in [3.05, 3.63) is 53.6 Å². The SMILES string of the molecule is CC[C@H](C=C[C@@H](C)[C@H]1CC[C@H]2[C@@H]3CC=C4C[C@@H](OC(=O)[C@H](CC(C)C)Nc5ccccc5C(=O)NC(C)(C)C)CC[C@]4(C)[C@H]3CC[C@]12C)C(C)C. The number of fused-ring (bicyclic) bond motifs is 5. The minimum Gasteiger partial charge on any atom is -0.461 e. The molecule has 5 heteroatoms. The highest BCUT2D eigenvalue weighted by molar-refractivity contribution is 6.00. The van der Waals surface area contributed by atoms with E-state index in [1.165, 1.54) is 38.5 Å². The summed E-state index contributed by atoms with van der Waals surface area (Å²) in [6.07, 6.45) is 19.0. The van der Waals surface area contributed by atoms with Crippen LogP contribution in [0.3, 0.4) is 0 Å². The lowest BCUT2D eigenvalue weighted by molar-refractivity contribution is -0.152. The van der Waals surface area contributed by atoms with E-state index in [2.05, 4.69) is 84.3 Å². The van der Waals surface area contributed by atoms with Gasteiger partial charge in [-0.2, -0.15) is 0 Å². The summed E-state index contributed by atoms with van der Waals surface area (Å²) in [6.45, 7) is 24.9. The number of carbonyl (C=O) groups excluding carboxylic acids is 2. The van der Waals surface area contributed by atoms with E-state index < -0.39 is 6.04 Å². The van der Waals surface area contributed by atoms with Gasteiger partial charge in [0.25, 0.3) is 5.91 Å². The van der Waals surface area contributed by atoms with Gasteiger partial charge in [-0.25, -0.2) is 4.79 Å². The zero-order valence-electron chi connectivity index (χ0n) is 34.1. The van der Waals surface area contributed by atoms with Crippen molar-refractivity contribution in [3.63, 3.8) is 0 Å². The number of allylic oxidation sites excluding steroid dienone is 3. The van der Waals surface area contributed by atoms with Crippen LogP contribution < -0.4 is 10.6 Å². The maximum absolute atomic E-state index is 13.9.